The summed E-state index contributed by atoms with van der Waals surface area (Å²) in [5.74, 6) is -0.513. The van der Waals surface area contributed by atoms with Crippen LogP contribution in [0, 0.1) is 18.1 Å². The van der Waals surface area contributed by atoms with E-state index in [1.165, 1.54) is 6.07 Å². The van der Waals surface area contributed by atoms with E-state index in [4.69, 9.17) is 4.74 Å². The van der Waals surface area contributed by atoms with Gasteiger partial charge in [-0.2, -0.15) is 8.78 Å². The second-order valence-electron chi connectivity index (χ2n) is 9.70. The molecule has 0 spiro atoms. The number of carbonyl (C=O) groups is 1. The van der Waals surface area contributed by atoms with Crippen molar-refractivity contribution < 1.29 is 26.7 Å². The van der Waals surface area contributed by atoms with Crippen molar-refractivity contribution in [1.82, 2.24) is 15.1 Å². The average Bonchev–Trinajstić information content (AvgIpc) is 3.34. The van der Waals surface area contributed by atoms with Gasteiger partial charge in [0.1, 0.15) is 11.4 Å². The number of ether oxygens (including phenoxy) is 1. The van der Waals surface area contributed by atoms with Crippen LogP contribution in [-0.4, -0.2) is 60.5 Å². The molecule has 2 aromatic rings. The van der Waals surface area contributed by atoms with E-state index in [0.717, 1.165) is 30.6 Å². The van der Waals surface area contributed by atoms with Gasteiger partial charge in [0, 0.05) is 24.6 Å². The number of nitrogens with one attached hydrogen (secondary N) is 1. The lowest BCUT2D eigenvalue weighted by molar-refractivity contribution is 0.0457. The van der Waals surface area contributed by atoms with Gasteiger partial charge >= 0.3 is 11.2 Å². The third-order valence-corrected chi connectivity index (χ3v) is 8.25. The Kier molecular flexibility index (Phi) is 11.7. The van der Waals surface area contributed by atoms with Gasteiger partial charge in [0.05, 0.1) is 6.61 Å². The first-order valence-corrected chi connectivity index (χ1v) is 15.0. The number of hydrogen-bond acceptors (Lipinski definition) is 10. The second kappa shape index (κ2) is 14.0. The fourth-order valence-corrected chi connectivity index (χ4v) is 4.69. The number of rotatable bonds is 15. The van der Waals surface area contributed by atoms with Gasteiger partial charge in [-0.25, -0.2) is 13.2 Å². The Morgan fingerprint density at radius 1 is 1.21 bits per heavy atom. The van der Waals surface area contributed by atoms with Crippen molar-refractivity contribution in [3.8, 4) is 0 Å². The zero-order chi connectivity index (χ0) is 29.4. The van der Waals surface area contributed by atoms with Crippen LogP contribution in [0.3, 0.4) is 0 Å². The maximum absolute atomic E-state index is 13.7. The van der Waals surface area contributed by atoms with E-state index in [1.54, 1.807) is 0 Å². The van der Waals surface area contributed by atoms with Gasteiger partial charge in [-0.1, -0.05) is 45.1 Å². The van der Waals surface area contributed by atoms with Crippen LogP contribution in [0.1, 0.15) is 76.2 Å². The standard InChI is InChI=1S/C25H36F2N6O4S2/c1-8-19(9-2)33(7)17(5)10-11-18-12-13-20(32-39(35,36)25(6,26)27)21(14-18)28-30-24-31-29-22(38-24)23(34)37-15-16(3)4/h14,16-17,19,32H,8-11,15H2,1-7H3. The Hall–Kier alpha value is -2.76. The number of aromatic nitrogens is 2. The monoisotopic (exact) mass is 586 g/mol. The molecule has 216 valence electrons. The Bertz CT molecular complexity index is 1230. The minimum Gasteiger partial charge on any atom is -0.460 e. The number of azo groups is 1. The minimum atomic E-state index is -5.07. The smallest absolute Gasteiger partial charge is 0.369 e. The number of halogens is 2. The molecule has 0 amide bonds. The molecule has 0 radical (unpaired) electrons. The molecule has 0 saturated heterocycles. The summed E-state index contributed by atoms with van der Waals surface area (Å²) in [6.45, 7) is 10.7. The lowest BCUT2D eigenvalue weighted by Gasteiger charge is -2.32. The van der Waals surface area contributed by atoms with Crippen LogP contribution in [0.5, 0.6) is 0 Å². The number of anilines is 1. The number of carbonyl (C=O) groups excluding carboxylic acids is 1. The molecule has 0 aliphatic heterocycles. The van der Waals surface area contributed by atoms with E-state index in [9.17, 15) is 22.0 Å². The van der Waals surface area contributed by atoms with Crippen LogP contribution < -0.4 is 4.72 Å². The van der Waals surface area contributed by atoms with Crippen molar-refractivity contribution in [2.75, 3.05) is 18.4 Å². The largest absolute Gasteiger partial charge is 0.460 e. The second-order valence-corrected chi connectivity index (χ2v) is 12.6. The zero-order valence-electron chi connectivity index (χ0n) is 23.3. The highest BCUT2D eigenvalue weighted by atomic mass is 32.2. The molecule has 1 atom stereocenters. The third-order valence-electron chi connectivity index (χ3n) is 6.05. The lowest BCUT2D eigenvalue weighted by Crippen LogP contribution is -2.38. The van der Waals surface area contributed by atoms with E-state index in [2.05, 4.69) is 65.3 Å². The predicted octanol–water partition coefficient (Wildman–Crippen LogP) is 6.16. The van der Waals surface area contributed by atoms with Crippen LogP contribution >= 0.6 is 11.3 Å². The third kappa shape index (κ3) is 9.44. The average molecular weight is 587 g/mol. The van der Waals surface area contributed by atoms with Crippen molar-refractivity contribution in [1.29, 1.82) is 0 Å². The normalized spacial score (nSPS) is 13.3. The van der Waals surface area contributed by atoms with Gasteiger partial charge in [-0.3, -0.25) is 4.72 Å². The molecule has 1 heterocycles. The van der Waals surface area contributed by atoms with Gasteiger partial charge in [-0.05, 0) is 57.7 Å². The Morgan fingerprint density at radius 2 is 1.87 bits per heavy atom. The molecular formula is C25H36F2N6O4S2. The van der Waals surface area contributed by atoms with Crippen molar-refractivity contribution in [2.45, 2.75) is 84.6 Å². The summed E-state index contributed by atoms with van der Waals surface area (Å²) in [4.78, 5) is 14.4. The highest BCUT2D eigenvalue weighted by molar-refractivity contribution is 7.93. The summed E-state index contributed by atoms with van der Waals surface area (Å²) in [5, 5.41) is 11.4. The number of sulfonamides is 1. The highest BCUT2D eigenvalue weighted by Gasteiger charge is 2.40. The predicted molar refractivity (Wildman–Crippen MR) is 146 cm³/mol. The molecule has 14 heteroatoms. The molecule has 0 bridgehead atoms. The van der Waals surface area contributed by atoms with Gasteiger partial charge in [0.25, 0.3) is 15.2 Å². The van der Waals surface area contributed by atoms with Crippen molar-refractivity contribution in [2.24, 2.45) is 16.1 Å². The van der Waals surface area contributed by atoms with Gasteiger partial charge in [0.2, 0.25) is 5.01 Å². The Labute approximate surface area is 233 Å². The van der Waals surface area contributed by atoms with Gasteiger partial charge in [0.15, 0.2) is 0 Å². The maximum Gasteiger partial charge on any atom is 0.369 e. The van der Waals surface area contributed by atoms with E-state index in [1.807, 2.05) is 18.6 Å². The minimum absolute atomic E-state index is 0.00377. The number of esters is 1. The van der Waals surface area contributed by atoms with Crippen LogP contribution in [0.2, 0.25) is 0 Å². The molecule has 0 aliphatic rings. The van der Waals surface area contributed by atoms with Gasteiger partial charge in [-0.15, -0.1) is 20.4 Å². The molecule has 39 heavy (non-hydrogen) atoms. The van der Waals surface area contributed by atoms with E-state index < -0.39 is 21.2 Å². The summed E-state index contributed by atoms with van der Waals surface area (Å²) >= 11 is 0.824. The first-order valence-electron chi connectivity index (χ1n) is 12.7. The Balaban J connectivity index is 2.30. The summed E-state index contributed by atoms with van der Waals surface area (Å²) in [6, 6.07) is 7.65. The number of alkyl halides is 2. The Morgan fingerprint density at radius 3 is 2.46 bits per heavy atom. The molecule has 0 saturated carbocycles. The first kappa shape index (κ1) is 32.5. The zero-order valence-corrected chi connectivity index (χ0v) is 24.9. The topological polar surface area (TPSA) is 126 Å². The van der Waals surface area contributed by atoms with Crippen LogP contribution in [0.4, 0.5) is 25.3 Å². The molecule has 1 N–H and O–H groups in total. The van der Waals surface area contributed by atoms with Crippen molar-refractivity contribution >= 4 is 43.8 Å². The molecule has 0 aliphatic carbocycles. The molecular weight excluding hydrogens is 550 g/mol. The fourth-order valence-electron chi connectivity index (χ4n) is 3.53. The summed E-state index contributed by atoms with van der Waals surface area (Å²) in [6.07, 6.45) is 3.39. The number of nitrogens with zero attached hydrogens (tertiary/aromatic N) is 5. The molecule has 1 aromatic carbocycles. The van der Waals surface area contributed by atoms with Crippen molar-refractivity contribution in [3.63, 3.8) is 0 Å². The number of aryl methyl sites for hydroxylation is 1. The number of hydrogen-bond donors (Lipinski definition) is 1. The summed E-state index contributed by atoms with van der Waals surface area (Å²) in [7, 11) is -2.99. The van der Waals surface area contributed by atoms with Gasteiger partial charge < -0.3 is 9.64 Å². The first-order chi connectivity index (χ1) is 18.2. The maximum atomic E-state index is 13.7. The highest BCUT2D eigenvalue weighted by Crippen LogP contribution is 2.31. The quantitative estimate of drug-likeness (QED) is 0.196. The lowest BCUT2D eigenvalue weighted by atomic mass is 10.0. The summed E-state index contributed by atoms with van der Waals surface area (Å²) < 4.78 is 58.4. The molecule has 0 fully saturated rings. The molecule has 2 rings (SSSR count). The van der Waals surface area contributed by atoms with Crippen molar-refractivity contribution in [3.05, 3.63) is 28.8 Å². The molecule has 1 aromatic heterocycles. The molecule has 10 nitrogen and oxygen atoms in total. The van der Waals surface area contributed by atoms with E-state index in [-0.39, 0.29) is 47.0 Å². The van der Waals surface area contributed by atoms with Crippen LogP contribution in [-0.2, 0) is 21.2 Å². The fraction of sp³-hybridized carbons (Fsp3) is 0.640. The van der Waals surface area contributed by atoms with Crippen LogP contribution in [0.25, 0.3) is 0 Å². The van der Waals surface area contributed by atoms with E-state index in [0.29, 0.717) is 18.0 Å². The van der Waals surface area contributed by atoms with E-state index >= 15 is 0 Å². The SMILES string of the molecule is CCC(CC)N(C)C(C)CCc1c#cc(NS(=O)(=O)C(C)(F)F)c(N=Nc2nnc(C(=O)OCC(C)C)s2)c1. The molecule has 1 unspecified atom stereocenters. The van der Waals surface area contributed by atoms with Crippen LogP contribution in [0.15, 0.2) is 16.3 Å². The summed E-state index contributed by atoms with van der Waals surface area (Å²) in [5.41, 5.74) is 0.249.